The fourth-order valence-corrected chi connectivity index (χ4v) is 5.85. The summed E-state index contributed by atoms with van der Waals surface area (Å²) in [4.78, 5) is 1.95. The SMILES string of the molecule is O=S(=O)(c1ccccc1F)N1CC2CN(c3ccc(C4CC4)nn3)CC2C1. The minimum absolute atomic E-state index is 0.233. The van der Waals surface area contributed by atoms with Crippen LogP contribution in [0.5, 0.6) is 0 Å². The van der Waals surface area contributed by atoms with Crippen LogP contribution in [-0.2, 0) is 10.0 Å². The van der Waals surface area contributed by atoms with Gasteiger partial charge in [0.2, 0.25) is 10.0 Å². The van der Waals surface area contributed by atoms with Gasteiger partial charge in [0.15, 0.2) is 5.82 Å². The van der Waals surface area contributed by atoms with Gasteiger partial charge in [-0.2, -0.15) is 9.40 Å². The van der Waals surface area contributed by atoms with Gasteiger partial charge in [-0.3, -0.25) is 0 Å². The number of rotatable bonds is 4. The Kier molecular flexibility index (Phi) is 3.94. The van der Waals surface area contributed by atoms with Crippen molar-refractivity contribution in [3.8, 4) is 0 Å². The van der Waals surface area contributed by atoms with Crippen molar-refractivity contribution in [2.24, 2.45) is 11.8 Å². The van der Waals surface area contributed by atoms with E-state index in [4.69, 9.17) is 0 Å². The van der Waals surface area contributed by atoms with Crippen LogP contribution < -0.4 is 4.90 Å². The molecule has 1 saturated carbocycles. The maximum atomic E-state index is 14.0. The average molecular weight is 388 g/mol. The van der Waals surface area contributed by atoms with E-state index in [1.807, 2.05) is 6.07 Å². The molecule has 1 aromatic heterocycles. The fraction of sp³-hybridized carbons (Fsp3) is 0.474. The Hall–Kier alpha value is -2.06. The first-order valence-corrected chi connectivity index (χ1v) is 10.8. The summed E-state index contributed by atoms with van der Waals surface area (Å²) in [5, 5.41) is 8.71. The van der Waals surface area contributed by atoms with Crippen molar-refractivity contribution in [3.05, 3.63) is 47.9 Å². The van der Waals surface area contributed by atoms with Crippen LogP contribution in [0.25, 0.3) is 0 Å². The topological polar surface area (TPSA) is 66.4 Å². The molecular formula is C19H21FN4O2S. The summed E-state index contributed by atoms with van der Waals surface area (Å²) in [5.74, 6) is 1.22. The monoisotopic (exact) mass is 388 g/mol. The van der Waals surface area contributed by atoms with Gasteiger partial charge < -0.3 is 4.90 Å². The molecule has 6 nitrogen and oxygen atoms in total. The lowest BCUT2D eigenvalue weighted by atomic mass is 10.0. The predicted octanol–water partition coefficient (Wildman–Crippen LogP) is 2.25. The minimum Gasteiger partial charge on any atom is -0.354 e. The zero-order valence-corrected chi connectivity index (χ0v) is 15.6. The molecule has 3 heterocycles. The van der Waals surface area contributed by atoms with E-state index in [1.54, 1.807) is 6.07 Å². The van der Waals surface area contributed by atoms with Crippen molar-refractivity contribution >= 4 is 15.8 Å². The molecule has 2 saturated heterocycles. The molecule has 1 aromatic carbocycles. The van der Waals surface area contributed by atoms with E-state index in [0.29, 0.717) is 19.0 Å². The molecule has 0 N–H and O–H groups in total. The summed E-state index contributed by atoms with van der Waals surface area (Å²) in [6.07, 6.45) is 2.41. The summed E-state index contributed by atoms with van der Waals surface area (Å²) in [6, 6.07) is 9.66. The maximum Gasteiger partial charge on any atom is 0.246 e. The van der Waals surface area contributed by atoms with E-state index in [0.717, 1.165) is 24.6 Å². The molecule has 1 aliphatic carbocycles. The molecule has 2 unspecified atom stereocenters. The van der Waals surface area contributed by atoms with Gasteiger partial charge in [0, 0.05) is 32.1 Å². The molecule has 8 heteroatoms. The Morgan fingerprint density at radius 2 is 1.63 bits per heavy atom. The van der Waals surface area contributed by atoms with Crippen LogP contribution in [0.4, 0.5) is 10.2 Å². The van der Waals surface area contributed by atoms with Crippen LogP contribution in [0.3, 0.4) is 0 Å². The third-order valence-corrected chi connectivity index (χ3v) is 7.76. The van der Waals surface area contributed by atoms with Crippen molar-refractivity contribution in [1.29, 1.82) is 0 Å². The smallest absolute Gasteiger partial charge is 0.246 e. The lowest BCUT2D eigenvalue weighted by molar-refractivity contribution is 0.447. The second kappa shape index (κ2) is 6.24. The second-order valence-electron chi connectivity index (χ2n) is 7.77. The Bertz CT molecular complexity index is 948. The molecule has 3 fully saturated rings. The van der Waals surface area contributed by atoms with Crippen molar-refractivity contribution in [3.63, 3.8) is 0 Å². The predicted molar refractivity (Wildman–Crippen MR) is 98.4 cm³/mol. The Morgan fingerprint density at radius 3 is 2.22 bits per heavy atom. The first kappa shape index (κ1) is 17.1. The van der Waals surface area contributed by atoms with Crippen LogP contribution in [0.15, 0.2) is 41.3 Å². The number of aromatic nitrogens is 2. The minimum atomic E-state index is -3.79. The summed E-state index contributed by atoms with van der Waals surface area (Å²) in [7, 11) is -3.79. The van der Waals surface area contributed by atoms with E-state index in [9.17, 15) is 12.8 Å². The van der Waals surface area contributed by atoms with Gasteiger partial charge in [0.25, 0.3) is 0 Å². The van der Waals surface area contributed by atoms with E-state index in [-0.39, 0.29) is 16.7 Å². The summed E-state index contributed by atoms with van der Waals surface area (Å²) >= 11 is 0. The molecule has 27 heavy (non-hydrogen) atoms. The number of nitrogens with zero attached hydrogens (tertiary/aromatic N) is 4. The zero-order valence-electron chi connectivity index (χ0n) is 14.8. The number of halogens is 1. The molecular weight excluding hydrogens is 367 g/mol. The van der Waals surface area contributed by atoms with Crippen LogP contribution in [-0.4, -0.2) is 49.1 Å². The Labute approximate surface area is 158 Å². The maximum absolute atomic E-state index is 14.0. The number of hydrogen-bond donors (Lipinski definition) is 0. The van der Waals surface area contributed by atoms with E-state index in [1.165, 1.54) is 35.3 Å². The second-order valence-corrected chi connectivity index (χ2v) is 9.67. The molecule has 0 spiro atoms. The zero-order chi connectivity index (χ0) is 18.6. The van der Waals surface area contributed by atoms with Gasteiger partial charge in [0.05, 0.1) is 5.69 Å². The largest absolute Gasteiger partial charge is 0.354 e. The molecule has 2 aromatic rings. The highest BCUT2D eigenvalue weighted by Gasteiger charge is 2.45. The molecule has 142 valence electrons. The van der Waals surface area contributed by atoms with Gasteiger partial charge in [0.1, 0.15) is 10.7 Å². The molecule has 3 aliphatic rings. The lowest BCUT2D eigenvalue weighted by Gasteiger charge is -2.22. The van der Waals surface area contributed by atoms with Crippen molar-refractivity contribution in [2.75, 3.05) is 31.1 Å². The van der Waals surface area contributed by atoms with Gasteiger partial charge in [-0.25, -0.2) is 12.8 Å². The molecule has 0 amide bonds. The van der Waals surface area contributed by atoms with E-state index in [2.05, 4.69) is 21.2 Å². The quantitative estimate of drug-likeness (QED) is 0.804. The van der Waals surface area contributed by atoms with Gasteiger partial charge in [-0.1, -0.05) is 12.1 Å². The lowest BCUT2D eigenvalue weighted by Crippen LogP contribution is -2.34. The Morgan fingerprint density at radius 1 is 0.926 bits per heavy atom. The van der Waals surface area contributed by atoms with Crippen molar-refractivity contribution in [2.45, 2.75) is 23.7 Å². The van der Waals surface area contributed by atoms with Gasteiger partial charge in [-0.05, 0) is 48.9 Å². The molecule has 2 atom stereocenters. The summed E-state index contributed by atoms with van der Waals surface area (Å²) in [5.41, 5.74) is 1.07. The summed E-state index contributed by atoms with van der Waals surface area (Å²) < 4.78 is 41.0. The van der Waals surface area contributed by atoms with Crippen LogP contribution in [0, 0.1) is 17.7 Å². The van der Waals surface area contributed by atoms with Crippen LogP contribution in [0.1, 0.15) is 24.5 Å². The number of fused-ring (bicyclic) bond motifs is 1. The van der Waals surface area contributed by atoms with E-state index < -0.39 is 15.8 Å². The molecule has 2 aliphatic heterocycles. The van der Waals surface area contributed by atoms with Gasteiger partial charge >= 0.3 is 0 Å². The Balaban J connectivity index is 1.28. The highest BCUT2D eigenvalue weighted by Crippen LogP contribution is 2.39. The number of benzene rings is 1. The summed E-state index contributed by atoms with van der Waals surface area (Å²) in [6.45, 7) is 2.35. The molecule has 0 bridgehead atoms. The first-order chi connectivity index (χ1) is 13.0. The molecule has 5 rings (SSSR count). The third-order valence-electron chi connectivity index (χ3n) is 5.90. The number of anilines is 1. The van der Waals surface area contributed by atoms with Crippen LogP contribution >= 0.6 is 0 Å². The average Bonchev–Trinajstić information content (AvgIpc) is 3.31. The third kappa shape index (κ3) is 3.00. The number of sulfonamides is 1. The van der Waals surface area contributed by atoms with Crippen molar-refractivity contribution < 1.29 is 12.8 Å². The first-order valence-electron chi connectivity index (χ1n) is 9.35. The molecule has 0 radical (unpaired) electrons. The standard InChI is InChI=1S/C19H21FN4O2S/c20-16-3-1-2-4-18(16)27(25,26)24-11-14-9-23(10-15(14)12-24)19-8-7-17(21-22-19)13-5-6-13/h1-4,7-8,13-15H,5-6,9-12H2. The normalized spacial score (nSPS) is 25.7. The highest BCUT2D eigenvalue weighted by atomic mass is 32.2. The van der Waals surface area contributed by atoms with Crippen LogP contribution in [0.2, 0.25) is 0 Å². The highest BCUT2D eigenvalue weighted by molar-refractivity contribution is 7.89. The number of hydrogen-bond acceptors (Lipinski definition) is 5. The fourth-order valence-electron chi connectivity index (χ4n) is 4.23. The van der Waals surface area contributed by atoms with Gasteiger partial charge in [-0.15, -0.1) is 5.10 Å². The van der Waals surface area contributed by atoms with E-state index >= 15 is 0 Å². The van der Waals surface area contributed by atoms with Crippen molar-refractivity contribution in [1.82, 2.24) is 14.5 Å².